The standard InChI is InChI=1S/2C15H15N.2ClH.Ti/c2*1-10-7-11(2)13(8-10)15-9-12-5-3-4-6-14(12)16-15;;;/h2*3-9,13,16H,1-2H3;2*1H;/q;;;;+2/p-2. The summed E-state index contributed by atoms with van der Waals surface area (Å²) in [5.74, 6) is 0.875. The average molecular weight is 537 g/mol. The fourth-order valence-electron chi connectivity index (χ4n) is 4.98. The fraction of sp³-hybridized carbons (Fsp3) is 0.200. The Hall–Kier alpha value is -2.23. The number of fused-ring (bicyclic) bond motifs is 2. The number of allylic oxidation sites excluding steroid dienone is 8. The molecule has 2 heterocycles. The molecule has 5 heteroatoms. The molecule has 2 aromatic carbocycles. The smallest absolute Gasteiger partial charge is 1.00 e. The van der Waals surface area contributed by atoms with Crippen LogP contribution in [0.1, 0.15) is 50.9 Å². The minimum absolute atomic E-state index is 0. The van der Waals surface area contributed by atoms with Crippen LogP contribution < -0.4 is 24.8 Å². The zero-order valence-electron chi connectivity index (χ0n) is 20.5. The molecule has 2 aromatic heterocycles. The van der Waals surface area contributed by atoms with Gasteiger partial charge >= 0.3 is 21.7 Å². The monoisotopic (exact) mass is 536 g/mol. The van der Waals surface area contributed by atoms with E-state index in [2.05, 4.69) is 123 Å². The van der Waals surface area contributed by atoms with E-state index in [0.29, 0.717) is 11.8 Å². The largest absolute Gasteiger partial charge is 2.00 e. The summed E-state index contributed by atoms with van der Waals surface area (Å²) in [4.78, 5) is 7.01. The van der Waals surface area contributed by atoms with E-state index in [-0.39, 0.29) is 46.5 Å². The Bertz CT molecular complexity index is 1260. The Morgan fingerprint density at radius 1 is 0.571 bits per heavy atom. The molecule has 0 aliphatic heterocycles. The second-order valence-corrected chi connectivity index (χ2v) is 9.18. The van der Waals surface area contributed by atoms with E-state index in [1.54, 1.807) is 0 Å². The number of halogens is 2. The number of hydrogen-bond donors (Lipinski definition) is 2. The molecular formula is C30H30Cl2N2Ti. The third-order valence-corrected chi connectivity index (χ3v) is 6.52. The van der Waals surface area contributed by atoms with Crippen LogP contribution >= 0.6 is 0 Å². The van der Waals surface area contributed by atoms with E-state index in [9.17, 15) is 0 Å². The van der Waals surface area contributed by atoms with Crippen molar-refractivity contribution in [1.29, 1.82) is 0 Å². The van der Waals surface area contributed by atoms with Crippen molar-refractivity contribution in [3.05, 3.63) is 119 Å². The van der Waals surface area contributed by atoms with E-state index < -0.39 is 0 Å². The second kappa shape index (κ2) is 12.1. The van der Waals surface area contributed by atoms with E-state index >= 15 is 0 Å². The average Bonchev–Trinajstić information content (AvgIpc) is 3.52. The summed E-state index contributed by atoms with van der Waals surface area (Å²) in [6, 6.07) is 21.4. The molecule has 2 unspecified atom stereocenters. The van der Waals surface area contributed by atoms with Crippen LogP contribution in [0.15, 0.2) is 107 Å². The first kappa shape index (κ1) is 29.0. The van der Waals surface area contributed by atoms with Crippen molar-refractivity contribution in [1.82, 2.24) is 9.97 Å². The molecule has 0 bridgehead atoms. The molecule has 2 nitrogen and oxygen atoms in total. The zero-order chi connectivity index (χ0) is 22.2. The van der Waals surface area contributed by atoms with Crippen LogP contribution in [0.5, 0.6) is 0 Å². The summed E-state index contributed by atoms with van der Waals surface area (Å²) in [6.07, 6.45) is 9.16. The molecule has 0 fully saturated rings. The van der Waals surface area contributed by atoms with Gasteiger partial charge in [-0.05, 0) is 62.7 Å². The first-order valence-corrected chi connectivity index (χ1v) is 11.4. The van der Waals surface area contributed by atoms with Gasteiger partial charge in [-0.15, -0.1) is 0 Å². The van der Waals surface area contributed by atoms with Crippen molar-refractivity contribution in [2.24, 2.45) is 0 Å². The van der Waals surface area contributed by atoms with Crippen LogP contribution in [0.2, 0.25) is 0 Å². The summed E-state index contributed by atoms with van der Waals surface area (Å²) in [5, 5.41) is 2.59. The van der Waals surface area contributed by atoms with E-state index in [4.69, 9.17) is 0 Å². The normalized spacial score (nSPS) is 18.3. The van der Waals surface area contributed by atoms with E-state index in [0.717, 1.165) is 0 Å². The summed E-state index contributed by atoms with van der Waals surface area (Å²) >= 11 is 0. The summed E-state index contributed by atoms with van der Waals surface area (Å²) in [5.41, 5.74) is 10.6. The van der Waals surface area contributed by atoms with Crippen molar-refractivity contribution in [3.63, 3.8) is 0 Å². The van der Waals surface area contributed by atoms with Crippen molar-refractivity contribution < 1.29 is 46.5 Å². The maximum Gasteiger partial charge on any atom is 2.00 e. The minimum Gasteiger partial charge on any atom is -1.00 e. The van der Waals surface area contributed by atoms with Gasteiger partial charge in [-0.3, -0.25) is 0 Å². The SMILES string of the molecule is CC1=CC(c2cc3ccccc3[nH]2)C(C)=C1.CC1=CC(c2cc3ccccc3[nH]2)C(C)=C1.[Cl-].[Cl-].[Ti+2]. The van der Waals surface area contributed by atoms with Gasteiger partial charge < -0.3 is 34.8 Å². The third-order valence-electron chi connectivity index (χ3n) is 6.52. The number of benzene rings is 2. The summed E-state index contributed by atoms with van der Waals surface area (Å²) in [6.45, 7) is 8.71. The van der Waals surface area contributed by atoms with Gasteiger partial charge in [0.1, 0.15) is 0 Å². The molecule has 0 saturated heterocycles. The molecule has 2 atom stereocenters. The zero-order valence-corrected chi connectivity index (χ0v) is 23.6. The molecule has 6 rings (SSSR count). The predicted octanol–water partition coefficient (Wildman–Crippen LogP) is 2.32. The Labute approximate surface area is 235 Å². The molecule has 0 radical (unpaired) electrons. The van der Waals surface area contributed by atoms with Gasteiger partial charge in [-0.25, -0.2) is 0 Å². The van der Waals surface area contributed by atoms with Gasteiger partial charge in [-0.1, -0.05) is 83.0 Å². The molecule has 2 N–H and O–H groups in total. The summed E-state index contributed by atoms with van der Waals surface area (Å²) < 4.78 is 0. The molecule has 35 heavy (non-hydrogen) atoms. The molecule has 2 aliphatic rings. The van der Waals surface area contributed by atoms with Gasteiger partial charge in [0.2, 0.25) is 0 Å². The molecule has 178 valence electrons. The van der Waals surface area contributed by atoms with Crippen LogP contribution in [0, 0.1) is 0 Å². The van der Waals surface area contributed by atoms with Gasteiger partial charge in [-0.2, -0.15) is 0 Å². The van der Waals surface area contributed by atoms with Gasteiger partial charge in [0.15, 0.2) is 0 Å². The molecular weight excluding hydrogens is 507 g/mol. The van der Waals surface area contributed by atoms with Gasteiger partial charge in [0.25, 0.3) is 0 Å². The first-order valence-electron chi connectivity index (χ1n) is 11.4. The number of rotatable bonds is 2. The Balaban J connectivity index is 0.000000227. The minimum atomic E-state index is 0. The van der Waals surface area contributed by atoms with Crippen molar-refractivity contribution in [2.45, 2.75) is 39.5 Å². The molecule has 0 amide bonds. The van der Waals surface area contributed by atoms with Crippen LogP contribution in [0.3, 0.4) is 0 Å². The topological polar surface area (TPSA) is 31.6 Å². The van der Waals surface area contributed by atoms with E-state index in [1.807, 2.05) is 0 Å². The number of aromatic amines is 2. The number of para-hydroxylation sites is 2. The molecule has 0 spiro atoms. The maximum atomic E-state index is 3.50. The van der Waals surface area contributed by atoms with Crippen LogP contribution in [-0.2, 0) is 21.7 Å². The van der Waals surface area contributed by atoms with Crippen LogP contribution in [-0.4, -0.2) is 9.97 Å². The van der Waals surface area contributed by atoms with E-state index in [1.165, 1.54) is 55.5 Å². The second-order valence-electron chi connectivity index (χ2n) is 9.18. The number of nitrogens with one attached hydrogen (secondary N) is 2. The predicted molar refractivity (Wildman–Crippen MR) is 137 cm³/mol. The summed E-state index contributed by atoms with van der Waals surface area (Å²) in [7, 11) is 0. The number of aromatic nitrogens is 2. The molecule has 4 aromatic rings. The number of hydrogen-bond acceptors (Lipinski definition) is 0. The van der Waals surface area contributed by atoms with Crippen molar-refractivity contribution in [3.8, 4) is 0 Å². The van der Waals surface area contributed by atoms with Crippen LogP contribution in [0.25, 0.3) is 21.8 Å². The molecule has 2 aliphatic carbocycles. The van der Waals surface area contributed by atoms with Crippen molar-refractivity contribution in [2.75, 3.05) is 0 Å². The first-order chi connectivity index (χ1) is 15.5. The fourth-order valence-corrected chi connectivity index (χ4v) is 4.98. The van der Waals surface area contributed by atoms with Crippen LogP contribution in [0.4, 0.5) is 0 Å². The Morgan fingerprint density at radius 3 is 1.26 bits per heavy atom. The maximum absolute atomic E-state index is 3.50. The quantitative estimate of drug-likeness (QED) is 0.368. The number of H-pyrrole nitrogens is 2. The Kier molecular flexibility index (Phi) is 10.1. The van der Waals surface area contributed by atoms with Gasteiger partial charge in [0, 0.05) is 34.3 Å². The Morgan fingerprint density at radius 2 is 0.943 bits per heavy atom. The third kappa shape index (κ3) is 6.13. The van der Waals surface area contributed by atoms with Gasteiger partial charge in [0.05, 0.1) is 0 Å². The molecule has 0 saturated carbocycles. The van der Waals surface area contributed by atoms with Crippen molar-refractivity contribution >= 4 is 21.8 Å².